The van der Waals surface area contributed by atoms with E-state index in [-0.39, 0.29) is 34.8 Å². The fourth-order valence-electron chi connectivity index (χ4n) is 4.48. The first-order chi connectivity index (χ1) is 20.2. The summed E-state index contributed by atoms with van der Waals surface area (Å²) in [6.07, 6.45) is -3.69. The summed E-state index contributed by atoms with van der Waals surface area (Å²) in [5.74, 6) is -2.69. The van der Waals surface area contributed by atoms with Crippen LogP contribution in [0.3, 0.4) is 0 Å². The van der Waals surface area contributed by atoms with Crippen LogP contribution in [0.15, 0.2) is 71.8 Å². The zero-order valence-corrected chi connectivity index (χ0v) is 22.4. The Balaban J connectivity index is 1.50. The lowest BCUT2D eigenvalue weighted by Crippen LogP contribution is -2.41. The van der Waals surface area contributed by atoms with Gasteiger partial charge in [0.2, 0.25) is 11.9 Å². The number of nitrogens with zero attached hydrogens (tertiary/aromatic N) is 3. The molecule has 42 heavy (non-hydrogen) atoms. The number of H-pyrrole nitrogens is 1. The van der Waals surface area contributed by atoms with Gasteiger partial charge in [0.05, 0.1) is 11.1 Å². The summed E-state index contributed by atoms with van der Waals surface area (Å²) in [6.45, 7) is 2.03. The molecular weight excluding hydrogens is 550 g/mol. The number of ether oxygens (including phenoxy) is 4. The van der Waals surface area contributed by atoms with Gasteiger partial charge in [-0.3, -0.25) is 29.3 Å². The van der Waals surface area contributed by atoms with Gasteiger partial charge < -0.3 is 18.9 Å². The lowest BCUT2D eigenvalue weighted by atomic mass is 10.1. The standard InChI is InChI=1S/C28H25N5O9/c1-15(34)30-28-31-23-20(24(36)32-28)33(14-29-23)25-22(40-16(2)35)21(42-27(38)18-11-7-4-8-12-18)19(41-25)13-39-26(37)17-9-5-3-6-10-17/h3-12,14,19,21-22,25H,13H2,1-2H3,(H2,30,31,32,34,36)/t19-,21-,22-,25-/m1/s1. The van der Waals surface area contributed by atoms with Crippen molar-refractivity contribution in [1.29, 1.82) is 0 Å². The van der Waals surface area contributed by atoms with Gasteiger partial charge in [0.15, 0.2) is 29.6 Å². The van der Waals surface area contributed by atoms with Crippen LogP contribution < -0.4 is 10.9 Å². The maximum atomic E-state index is 13.1. The van der Waals surface area contributed by atoms with Crippen LogP contribution in [-0.2, 0) is 28.5 Å². The number of rotatable bonds is 8. The lowest BCUT2D eigenvalue weighted by Gasteiger charge is -2.24. The highest BCUT2D eigenvalue weighted by molar-refractivity contribution is 5.90. The molecule has 1 amide bonds. The number of anilines is 1. The molecule has 0 spiro atoms. The first kappa shape index (κ1) is 28.2. The van der Waals surface area contributed by atoms with Crippen molar-refractivity contribution in [2.45, 2.75) is 38.4 Å². The van der Waals surface area contributed by atoms with Crippen molar-refractivity contribution in [2.24, 2.45) is 0 Å². The summed E-state index contributed by atoms with van der Waals surface area (Å²) < 4.78 is 24.2. The van der Waals surface area contributed by atoms with Gasteiger partial charge in [-0.1, -0.05) is 36.4 Å². The number of carbonyl (C=O) groups excluding carboxylic acids is 4. The topological polar surface area (TPSA) is 181 Å². The third-order valence-electron chi connectivity index (χ3n) is 6.24. The van der Waals surface area contributed by atoms with E-state index in [4.69, 9.17) is 18.9 Å². The summed E-state index contributed by atoms with van der Waals surface area (Å²) in [4.78, 5) is 73.1. The van der Waals surface area contributed by atoms with Crippen LogP contribution in [0.2, 0.25) is 0 Å². The fourth-order valence-corrected chi connectivity index (χ4v) is 4.48. The molecule has 14 nitrogen and oxygen atoms in total. The molecule has 0 aliphatic carbocycles. The molecule has 1 fully saturated rings. The molecule has 3 heterocycles. The number of esters is 3. The molecular formula is C28H25N5O9. The van der Waals surface area contributed by atoms with E-state index in [0.717, 1.165) is 6.92 Å². The van der Waals surface area contributed by atoms with Crippen LogP contribution in [-0.4, -0.2) is 68.3 Å². The van der Waals surface area contributed by atoms with E-state index in [0.29, 0.717) is 0 Å². The van der Waals surface area contributed by atoms with Gasteiger partial charge in [0.1, 0.15) is 19.0 Å². The van der Waals surface area contributed by atoms with Crippen molar-refractivity contribution in [2.75, 3.05) is 11.9 Å². The molecule has 4 atom stereocenters. The minimum atomic E-state index is -1.29. The van der Waals surface area contributed by atoms with Gasteiger partial charge in [-0.05, 0) is 24.3 Å². The quantitative estimate of drug-likeness (QED) is 0.232. The molecule has 0 bridgehead atoms. The molecule has 1 aliphatic rings. The Bertz CT molecular complexity index is 1690. The molecule has 1 aliphatic heterocycles. The predicted octanol–water partition coefficient (Wildman–Crippen LogP) is 1.99. The summed E-state index contributed by atoms with van der Waals surface area (Å²) in [7, 11) is 0. The number of benzene rings is 2. The average Bonchev–Trinajstić information content (AvgIpc) is 3.53. The predicted molar refractivity (Wildman–Crippen MR) is 144 cm³/mol. The van der Waals surface area contributed by atoms with Crippen LogP contribution in [0.4, 0.5) is 5.95 Å². The largest absolute Gasteiger partial charge is 0.459 e. The third-order valence-corrected chi connectivity index (χ3v) is 6.24. The number of carbonyl (C=O) groups is 4. The fraction of sp³-hybridized carbons (Fsp3) is 0.250. The lowest BCUT2D eigenvalue weighted by molar-refractivity contribution is -0.156. The molecule has 0 unspecified atom stereocenters. The Hall–Kier alpha value is -5.37. The highest BCUT2D eigenvalue weighted by Gasteiger charge is 2.51. The molecule has 2 aromatic heterocycles. The molecule has 216 valence electrons. The summed E-state index contributed by atoms with van der Waals surface area (Å²) in [6, 6.07) is 16.4. The van der Waals surface area contributed by atoms with E-state index < -0.39 is 53.9 Å². The van der Waals surface area contributed by atoms with Crippen LogP contribution in [0, 0.1) is 0 Å². The van der Waals surface area contributed by atoms with Crippen molar-refractivity contribution in [1.82, 2.24) is 19.5 Å². The molecule has 14 heteroatoms. The Morgan fingerprint density at radius 2 is 1.57 bits per heavy atom. The first-order valence-corrected chi connectivity index (χ1v) is 12.8. The molecule has 0 radical (unpaired) electrons. The van der Waals surface area contributed by atoms with E-state index in [1.807, 2.05) is 0 Å². The Morgan fingerprint density at radius 3 is 2.19 bits per heavy atom. The molecule has 2 aromatic carbocycles. The number of amides is 1. The summed E-state index contributed by atoms with van der Waals surface area (Å²) >= 11 is 0. The van der Waals surface area contributed by atoms with Crippen molar-refractivity contribution < 1.29 is 38.1 Å². The number of hydrogen-bond acceptors (Lipinski definition) is 11. The van der Waals surface area contributed by atoms with Gasteiger partial charge >= 0.3 is 17.9 Å². The molecule has 4 aromatic rings. The van der Waals surface area contributed by atoms with E-state index >= 15 is 0 Å². The van der Waals surface area contributed by atoms with Crippen LogP contribution >= 0.6 is 0 Å². The van der Waals surface area contributed by atoms with E-state index in [1.54, 1.807) is 60.7 Å². The Labute approximate surface area is 237 Å². The first-order valence-electron chi connectivity index (χ1n) is 12.8. The molecule has 0 saturated carbocycles. The molecule has 1 saturated heterocycles. The second-order valence-electron chi connectivity index (χ2n) is 9.26. The Morgan fingerprint density at radius 1 is 0.929 bits per heavy atom. The third kappa shape index (κ3) is 6.02. The smallest absolute Gasteiger partial charge is 0.338 e. The van der Waals surface area contributed by atoms with Gasteiger partial charge in [0.25, 0.3) is 5.56 Å². The van der Waals surface area contributed by atoms with Crippen LogP contribution in [0.1, 0.15) is 40.8 Å². The monoisotopic (exact) mass is 575 g/mol. The Kier molecular flexibility index (Phi) is 8.06. The average molecular weight is 576 g/mol. The number of hydrogen-bond donors (Lipinski definition) is 2. The van der Waals surface area contributed by atoms with E-state index in [1.165, 1.54) is 17.8 Å². The second-order valence-corrected chi connectivity index (χ2v) is 9.26. The number of imidazole rings is 1. The van der Waals surface area contributed by atoms with Crippen molar-refractivity contribution in [3.05, 3.63) is 88.5 Å². The molecule has 5 rings (SSSR count). The minimum absolute atomic E-state index is 0.0375. The summed E-state index contributed by atoms with van der Waals surface area (Å²) in [5, 5.41) is 2.38. The maximum absolute atomic E-state index is 13.1. The van der Waals surface area contributed by atoms with Crippen LogP contribution in [0.25, 0.3) is 11.2 Å². The number of nitrogens with one attached hydrogen (secondary N) is 2. The highest BCUT2D eigenvalue weighted by Crippen LogP contribution is 2.36. The zero-order chi connectivity index (χ0) is 29.8. The van der Waals surface area contributed by atoms with Crippen LogP contribution in [0.5, 0.6) is 0 Å². The summed E-state index contributed by atoms with van der Waals surface area (Å²) in [5.41, 5.74) is -0.273. The van der Waals surface area contributed by atoms with Crippen molar-refractivity contribution >= 4 is 40.9 Å². The number of fused-ring (bicyclic) bond motifs is 1. The minimum Gasteiger partial charge on any atom is -0.459 e. The normalized spacial score (nSPS) is 19.7. The van der Waals surface area contributed by atoms with E-state index in [9.17, 15) is 24.0 Å². The van der Waals surface area contributed by atoms with Gasteiger partial charge in [-0.2, -0.15) is 4.98 Å². The number of aromatic nitrogens is 4. The maximum Gasteiger partial charge on any atom is 0.338 e. The van der Waals surface area contributed by atoms with Gasteiger partial charge in [-0.25, -0.2) is 14.6 Å². The van der Waals surface area contributed by atoms with Gasteiger partial charge in [0, 0.05) is 13.8 Å². The SMILES string of the molecule is CC(=O)Nc1nc2ncn([C@@H]3O[C@H](COC(=O)c4ccccc4)[C@@H](OC(=O)c4ccccc4)[C@H]3OC(C)=O)c2c(=O)[nH]1. The highest BCUT2D eigenvalue weighted by atomic mass is 16.7. The van der Waals surface area contributed by atoms with Crippen molar-refractivity contribution in [3.63, 3.8) is 0 Å². The second kappa shape index (κ2) is 12.0. The molecule has 2 N–H and O–H groups in total. The van der Waals surface area contributed by atoms with E-state index in [2.05, 4.69) is 20.3 Å². The zero-order valence-electron chi connectivity index (χ0n) is 22.4. The number of aromatic amines is 1. The van der Waals surface area contributed by atoms with Crippen molar-refractivity contribution in [3.8, 4) is 0 Å². The van der Waals surface area contributed by atoms with Gasteiger partial charge in [-0.15, -0.1) is 0 Å².